The van der Waals surface area contributed by atoms with E-state index in [0.29, 0.717) is 5.92 Å². The molecule has 0 bridgehead atoms. The molecule has 80 valence electrons. The van der Waals surface area contributed by atoms with E-state index in [9.17, 15) is 0 Å². The molecule has 1 aromatic rings. The van der Waals surface area contributed by atoms with E-state index in [-0.39, 0.29) is 0 Å². The number of methoxy groups -OCH3 is 1. The quantitative estimate of drug-likeness (QED) is 0.763. The van der Waals surface area contributed by atoms with Crippen LogP contribution in [0, 0.1) is 10.7 Å². The van der Waals surface area contributed by atoms with Gasteiger partial charge in [0, 0.05) is 25.5 Å². The van der Waals surface area contributed by atoms with Crippen molar-refractivity contribution >= 4 is 12.2 Å². The van der Waals surface area contributed by atoms with Crippen LogP contribution in [0.4, 0.5) is 0 Å². The molecule has 0 aliphatic rings. The van der Waals surface area contributed by atoms with Gasteiger partial charge in [-0.15, -0.1) is 0 Å². The van der Waals surface area contributed by atoms with E-state index < -0.39 is 0 Å². The number of imidazole rings is 1. The van der Waals surface area contributed by atoms with Crippen LogP contribution in [0.25, 0.3) is 0 Å². The van der Waals surface area contributed by atoms with Crippen LogP contribution < -0.4 is 0 Å². The molecule has 0 spiro atoms. The van der Waals surface area contributed by atoms with Crippen LogP contribution in [-0.2, 0) is 17.7 Å². The second-order valence-corrected chi connectivity index (χ2v) is 4.00. The summed E-state index contributed by atoms with van der Waals surface area (Å²) in [5.74, 6) is 0.493. The number of hydrogen-bond acceptors (Lipinski definition) is 2. The molecule has 14 heavy (non-hydrogen) atoms. The molecular formula is C10H18N2OS. The van der Waals surface area contributed by atoms with Crippen molar-refractivity contribution in [3.8, 4) is 0 Å². The molecule has 1 N–H and O–H groups in total. The Balaban J connectivity index is 2.74. The van der Waals surface area contributed by atoms with Gasteiger partial charge in [-0.1, -0.05) is 13.8 Å². The van der Waals surface area contributed by atoms with Gasteiger partial charge in [0.05, 0.1) is 6.61 Å². The van der Waals surface area contributed by atoms with E-state index in [1.807, 2.05) is 6.20 Å². The maximum absolute atomic E-state index is 5.21. The summed E-state index contributed by atoms with van der Waals surface area (Å²) in [5, 5.41) is 0. The highest BCUT2D eigenvalue weighted by molar-refractivity contribution is 7.71. The van der Waals surface area contributed by atoms with E-state index in [2.05, 4.69) is 23.4 Å². The highest BCUT2D eigenvalue weighted by atomic mass is 32.1. The fraction of sp³-hybridized carbons (Fsp3) is 0.700. The summed E-state index contributed by atoms with van der Waals surface area (Å²) >= 11 is 5.21. The lowest BCUT2D eigenvalue weighted by atomic mass is 10.2. The zero-order valence-electron chi connectivity index (χ0n) is 9.04. The predicted octanol–water partition coefficient (Wildman–Crippen LogP) is 2.39. The minimum Gasteiger partial charge on any atom is -0.384 e. The molecule has 0 aliphatic heterocycles. The molecule has 3 nitrogen and oxygen atoms in total. The third-order valence-corrected chi connectivity index (χ3v) is 2.60. The SMILES string of the molecule is CCc1c[nH]c(=S)n1CC(C)COC. The van der Waals surface area contributed by atoms with Crippen molar-refractivity contribution < 1.29 is 4.74 Å². The standard InChI is InChI=1S/C10H18N2OS/c1-4-9-5-11-10(14)12(9)6-8(2)7-13-3/h5,8H,4,6-7H2,1-3H3,(H,11,14). The average molecular weight is 214 g/mol. The maximum atomic E-state index is 5.21. The zero-order valence-corrected chi connectivity index (χ0v) is 9.86. The van der Waals surface area contributed by atoms with Crippen LogP contribution in [0.1, 0.15) is 19.5 Å². The van der Waals surface area contributed by atoms with Crippen molar-refractivity contribution in [2.45, 2.75) is 26.8 Å². The Bertz CT molecular complexity index is 329. The Morgan fingerprint density at radius 2 is 2.36 bits per heavy atom. The van der Waals surface area contributed by atoms with Gasteiger partial charge in [-0.3, -0.25) is 0 Å². The fourth-order valence-corrected chi connectivity index (χ4v) is 1.82. The summed E-state index contributed by atoms with van der Waals surface area (Å²) in [7, 11) is 1.73. The molecule has 0 saturated carbocycles. The van der Waals surface area contributed by atoms with E-state index in [1.54, 1.807) is 7.11 Å². The number of nitrogens with zero attached hydrogens (tertiary/aromatic N) is 1. The van der Waals surface area contributed by atoms with E-state index in [0.717, 1.165) is 24.3 Å². The van der Waals surface area contributed by atoms with Gasteiger partial charge in [0.2, 0.25) is 0 Å². The Hall–Kier alpha value is -0.610. The van der Waals surface area contributed by atoms with Crippen LogP contribution in [0.2, 0.25) is 0 Å². The van der Waals surface area contributed by atoms with Gasteiger partial charge in [0.15, 0.2) is 4.77 Å². The van der Waals surface area contributed by atoms with Gasteiger partial charge in [-0.05, 0) is 24.6 Å². The first-order valence-corrected chi connectivity index (χ1v) is 5.35. The Morgan fingerprint density at radius 1 is 1.64 bits per heavy atom. The van der Waals surface area contributed by atoms with Crippen LogP contribution >= 0.6 is 12.2 Å². The first-order chi connectivity index (χ1) is 6.69. The van der Waals surface area contributed by atoms with Gasteiger partial charge in [0.1, 0.15) is 0 Å². The summed E-state index contributed by atoms with van der Waals surface area (Å²) in [6.45, 7) is 6.00. The molecule has 4 heteroatoms. The van der Waals surface area contributed by atoms with E-state index in [4.69, 9.17) is 17.0 Å². The number of hydrogen-bond donors (Lipinski definition) is 1. The fourth-order valence-electron chi connectivity index (χ4n) is 1.57. The van der Waals surface area contributed by atoms with Gasteiger partial charge < -0.3 is 14.3 Å². The summed E-state index contributed by atoms with van der Waals surface area (Å²) in [5.41, 5.74) is 1.26. The first-order valence-electron chi connectivity index (χ1n) is 4.95. The minimum absolute atomic E-state index is 0.493. The Morgan fingerprint density at radius 3 is 2.93 bits per heavy atom. The first kappa shape index (κ1) is 11.5. The number of nitrogens with one attached hydrogen (secondary N) is 1. The van der Waals surface area contributed by atoms with Crippen LogP contribution in [0.15, 0.2) is 6.20 Å². The monoisotopic (exact) mass is 214 g/mol. The predicted molar refractivity (Wildman–Crippen MR) is 60.0 cm³/mol. The third kappa shape index (κ3) is 2.69. The minimum atomic E-state index is 0.493. The van der Waals surface area contributed by atoms with Crippen molar-refractivity contribution in [1.29, 1.82) is 0 Å². The van der Waals surface area contributed by atoms with Crippen molar-refractivity contribution in [2.75, 3.05) is 13.7 Å². The molecule has 1 unspecified atom stereocenters. The van der Waals surface area contributed by atoms with E-state index >= 15 is 0 Å². The highest BCUT2D eigenvalue weighted by Gasteiger charge is 2.06. The number of aryl methyl sites for hydroxylation is 1. The lowest BCUT2D eigenvalue weighted by molar-refractivity contribution is 0.151. The van der Waals surface area contributed by atoms with Crippen molar-refractivity contribution in [3.63, 3.8) is 0 Å². The molecule has 1 rings (SSSR count). The normalized spacial score (nSPS) is 13.1. The zero-order chi connectivity index (χ0) is 10.6. The number of H-pyrrole nitrogens is 1. The van der Waals surface area contributed by atoms with Gasteiger partial charge >= 0.3 is 0 Å². The molecular weight excluding hydrogens is 196 g/mol. The number of ether oxygens (including phenoxy) is 1. The lowest BCUT2D eigenvalue weighted by Gasteiger charge is -2.13. The molecule has 0 aromatic carbocycles. The lowest BCUT2D eigenvalue weighted by Crippen LogP contribution is -2.14. The molecule has 0 amide bonds. The van der Waals surface area contributed by atoms with Crippen LogP contribution in [-0.4, -0.2) is 23.3 Å². The Labute approximate surface area is 90.1 Å². The average Bonchev–Trinajstić information content (AvgIpc) is 2.48. The summed E-state index contributed by atoms with van der Waals surface area (Å²) in [6.07, 6.45) is 2.99. The smallest absolute Gasteiger partial charge is 0.177 e. The third-order valence-electron chi connectivity index (χ3n) is 2.26. The maximum Gasteiger partial charge on any atom is 0.177 e. The number of rotatable bonds is 5. The second kappa shape index (κ2) is 5.32. The summed E-state index contributed by atoms with van der Waals surface area (Å²) < 4.78 is 8.07. The molecule has 1 aromatic heterocycles. The van der Waals surface area contributed by atoms with Crippen molar-refractivity contribution in [2.24, 2.45) is 5.92 Å². The molecule has 1 heterocycles. The second-order valence-electron chi connectivity index (χ2n) is 3.61. The van der Waals surface area contributed by atoms with Crippen molar-refractivity contribution in [1.82, 2.24) is 9.55 Å². The van der Waals surface area contributed by atoms with Crippen LogP contribution in [0.5, 0.6) is 0 Å². The number of aromatic nitrogens is 2. The molecule has 0 saturated heterocycles. The van der Waals surface area contributed by atoms with Gasteiger partial charge in [-0.2, -0.15) is 0 Å². The Kier molecular flexibility index (Phi) is 4.35. The topological polar surface area (TPSA) is 29.9 Å². The van der Waals surface area contributed by atoms with E-state index in [1.165, 1.54) is 5.69 Å². The molecule has 1 atom stereocenters. The number of aromatic amines is 1. The summed E-state index contributed by atoms with van der Waals surface area (Å²) in [4.78, 5) is 3.07. The van der Waals surface area contributed by atoms with Gasteiger partial charge in [-0.25, -0.2) is 0 Å². The van der Waals surface area contributed by atoms with Crippen molar-refractivity contribution in [3.05, 3.63) is 16.7 Å². The highest BCUT2D eigenvalue weighted by Crippen LogP contribution is 2.07. The largest absolute Gasteiger partial charge is 0.384 e. The van der Waals surface area contributed by atoms with Gasteiger partial charge in [0.25, 0.3) is 0 Å². The molecule has 0 aliphatic carbocycles. The molecule has 0 fully saturated rings. The van der Waals surface area contributed by atoms with Crippen LogP contribution in [0.3, 0.4) is 0 Å². The molecule has 0 radical (unpaired) electrons. The summed E-state index contributed by atoms with van der Waals surface area (Å²) in [6, 6.07) is 0.